The molecule has 3 rings (SSSR count). The highest BCUT2D eigenvalue weighted by molar-refractivity contribution is 7.12. The number of carbonyl (C=O) groups excluding carboxylic acids is 1. The molecule has 0 N–H and O–H groups in total. The van der Waals surface area contributed by atoms with Crippen molar-refractivity contribution in [3.63, 3.8) is 0 Å². The largest absolute Gasteiger partial charge is 0.461 e. The molecule has 0 radical (unpaired) electrons. The maximum Gasteiger partial charge on any atom is 0.213 e. The highest BCUT2D eigenvalue weighted by atomic mass is 32.1. The smallest absolute Gasteiger partial charge is 0.213 e. The lowest BCUT2D eigenvalue weighted by molar-refractivity contribution is 0.104. The van der Waals surface area contributed by atoms with Crippen LogP contribution in [-0.2, 0) is 0 Å². The minimum absolute atomic E-state index is 0.109. The first-order valence-electron chi connectivity index (χ1n) is 6.49. The maximum atomic E-state index is 12.1. The van der Waals surface area contributed by atoms with E-state index < -0.39 is 0 Å². The fourth-order valence-electron chi connectivity index (χ4n) is 2.20. The van der Waals surface area contributed by atoms with Crippen molar-refractivity contribution >= 4 is 23.2 Å². The summed E-state index contributed by atoms with van der Waals surface area (Å²) in [5.74, 6) is 2.43. The monoisotopic (exact) mass is 283 g/mol. The normalized spacial score (nSPS) is 21.5. The summed E-state index contributed by atoms with van der Waals surface area (Å²) in [6.07, 6.45) is 2.68. The van der Waals surface area contributed by atoms with Crippen LogP contribution in [0.2, 0.25) is 0 Å². The van der Waals surface area contributed by atoms with Gasteiger partial charge >= 0.3 is 0 Å². The Morgan fingerprint density at radius 3 is 2.90 bits per heavy atom. The van der Waals surface area contributed by atoms with Crippen LogP contribution in [0.15, 0.2) is 39.6 Å². The van der Waals surface area contributed by atoms with E-state index in [-0.39, 0.29) is 11.4 Å². The third kappa shape index (κ3) is 2.45. The summed E-state index contributed by atoms with van der Waals surface area (Å²) in [6, 6.07) is 9.23. The van der Waals surface area contributed by atoms with Crippen molar-refractivity contribution < 1.29 is 9.21 Å². The van der Waals surface area contributed by atoms with Gasteiger partial charge in [-0.3, -0.25) is 4.79 Å². The van der Waals surface area contributed by atoms with Gasteiger partial charge in [0.2, 0.25) is 5.78 Å². The lowest BCUT2D eigenvalue weighted by Gasteiger charge is -1.95. The number of Topliss-reactive ketones (excluding diaryl/α,β-unsaturated/α-hetero) is 1. The zero-order chi connectivity index (χ0) is 14.1. The number of ketones is 1. The Hall–Kier alpha value is -2.12. The summed E-state index contributed by atoms with van der Waals surface area (Å²) in [6.45, 7) is 2.18. The number of hydrogen-bond acceptors (Lipinski definition) is 4. The Morgan fingerprint density at radius 1 is 1.50 bits per heavy atom. The Kier molecular flexibility index (Phi) is 3.29. The number of carbonyl (C=O) groups is 1. The number of nitriles is 1. The fourth-order valence-corrected chi connectivity index (χ4v) is 2.87. The van der Waals surface area contributed by atoms with E-state index in [1.807, 2.05) is 23.6 Å². The lowest BCUT2D eigenvalue weighted by Crippen LogP contribution is -1.98. The average molecular weight is 283 g/mol. The second kappa shape index (κ2) is 5.10. The molecule has 2 heterocycles. The molecular formula is C16H13NO2S. The topological polar surface area (TPSA) is 54.0 Å². The molecule has 0 aromatic carbocycles. The SMILES string of the molecule is C[C@H]1C[C@H]1c1ccc(/C=C(\C#N)C(=O)c2cccs2)o1. The van der Waals surface area contributed by atoms with Crippen molar-refractivity contribution in [1.82, 2.24) is 0 Å². The van der Waals surface area contributed by atoms with E-state index >= 15 is 0 Å². The maximum absolute atomic E-state index is 12.1. The van der Waals surface area contributed by atoms with Gasteiger partial charge in [0.25, 0.3) is 0 Å². The molecule has 3 nitrogen and oxygen atoms in total. The van der Waals surface area contributed by atoms with E-state index in [0.717, 1.165) is 12.2 Å². The molecule has 2 aromatic rings. The molecular weight excluding hydrogens is 270 g/mol. The van der Waals surface area contributed by atoms with Crippen molar-refractivity contribution in [3.8, 4) is 6.07 Å². The van der Waals surface area contributed by atoms with E-state index in [9.17, 15) is 4.79 Å². The quantitative estimate of drug-likeness (QED) is 0.478. The minimum Gasteiger partial charge on any atom is -0.461 e. The Labute approximate surface area is 121 Å². The number of allylic oxidation sites excluding steroid dienone is 1. The van der Waals surface area contributed by atoms with Gasteiger partial charge < -0.3 is 4.42 Å². The Bertz CT molecular complexity index is 703. The van der Waals surface area contributed by atoms with Crippen molar-refractivity contribution in [2.24, 2.45) is 5.92 Å². The van der Waals surface area contributed by atoms with Gasteiger partial charge in [-0.25, -0.2) is 0 Å². The molecule has 20 heavy (non-hydrogen) atoms. The summed E-state index contributed by atoms with van der Waals surface area (Å²) in [7, 11) is 0. The molecule has 0 spiro atoms. The van der Waals surface area contributed by atoms with Gasteiger partial charge in [0.1, 0.15) is 23.2 Å². The van der Waals surface area contributed by atoms with Gasteiger partial charge in [0, 0.05) is 12.0 Å². The van der Waals surface area contributed by atoms with Crippen LogP contribution >= 0.6 is 11.3 Å². The second-order valence-electron chi connectivity index (χ2n) is 5.04. The average Bonchev–Trinajstić information content (AvgIpc) is 2.93. The van der Waals surface area contributed by atoms with Crippen LogP contribution < -0.4 is 0 Å². The van der Waals surface area contributed by atoms with Crippen molar-refractivity contribution in [1.29, 1.82) is 5.26 Å². The van der Waals surface area contributed by atoms with Crippen molar-refractivity contribution in [3.05, 3.63) is 51.6 Å². The molecule has 2 atom stereocenters. The van der Waals surface area contributed by atoms with Gasteiger partial charge in [-0.15, -0.1) is 11.3 Å². The summed E-state index contributed by atoms with van der Waals surface area (Å²) in [5.41, 5.74) is 0.109. The van der Waals surface area contributed by atoms with E-state index in [2.05, 4.69) is 6.92 Å². The molecule has 0 amide bonds. The molecule has 1 fully saturated rings. The highest BCUT2D eigenvalue weighted by Crippen LogP contribution is 2.47. The molecule has 1 aliphatic rings. The van der Waals surface area contributed by atoms with Crippen molar-refractivity contribution in [2.45, 2.75) is 19.3 Å². The fraction of sp³-hybridized carbons (Fsp3) is 0.250. The molecule has 2 aromatic heterocycles. The van der Waals surface area contributed by atoms with E-state index in [1.165, 1.54) is 17.4 Å². The zero-order valence-corrected chi connectivity index (χ0v) is 11.8. The third-order valence-corrected chi connectivity index (χ3v) is 4.39. The predicted octanol–water partition coefficient (Wildman–Crippen LogP) is 4.25. The molecule has 100 valence electrons. The van der Waals surface area contributed by atoms with Crippen molar-refractivity contribution in [2.75, 3.05) is 0 Å². The number of furan rings is 1. The number of nitrogens with zero attached hydrogens (tertiary/aromatic N) is 1. The van der Waals surface area contributed by atoms with E-state index in [4.69, 9.17) is 9.68 Å². The second-order valence-corrected chi connectivity index (χ2v) is 5.98. The van der Waals surface area contributed by atoms with Crippen LogP contribution in [0.25, 0.3) is 6.08 Å². The Morgan fingerprint density at radius 2 is 2.30 bits per heavy atom. The number of hydrogen-bond donors (Lipinski definition) is 0. The molecule has 4 heteroatoms. The van der Waals surface area contributed by atoms with E-state index in [0.29, 0.717) is 22.5 Å². The summed E-state index contributed by atoms with van der Waals surface area (Å²) in [4.78, 5) is 12.7. The molecule has 1 aliphatic carbocycles. The number of rotatable bonds is 4. The van der Waals surface area contributed by atoms with Crippen LogP contribution in [0.3, 0.4) is 0 Å². The van der Waals surface area contributed by atoms with E-state index in [1.54, 1.807) is 12.1 Å². The van der Waals surface area contributed by atoms with Gasteiger partial charge in [-0.05, 0) is 35.9 Å². The molecule has 1 saturated carbocycles. The zero-order valence-electron chi connectivity index (χ0n) is 11.0. The van der Waals surface area contributed by atoms with Crippen LogP contribution in [0.4, 0.5) is 0 Å². The summed E-state index contributed by atoms with van der Waals surface area (Å²) >= 11 is 1.33. The first-order valence-corrected chi connectivity index (χ1v) is 7.36. The Balaban J connectivity index is 1.84. The lowest BCUT2D eigenvalue weighted by atomic mass is 10.1. The minimum atomic E-state index is -0.250. The highest BCUT2D eigenvalue weighted by Gasteiger charge is 2.36. The molecule has 0 unspecified atom stereocenters. The number of thiophene rings is 1. The first-order chi connectivity index (χ1) is 9.69. The third-order valence-electron chi connectivity index (χ3n) is 3.52. The summed E-state index contributed by atoms with van der Waals surface area (Å²) < 4.78 is 5.70. The van der Waals surface area contributed by atoms with Crippen LogP contribution in [0, 0.1) is 17.2 Å². The van der Waals surface area contributed by atoms with Gasteiger partial charge in [0.15, 0.2) is 0 Å². The predicted molar refractivity (Wildman–Crippen MR) is 77.5 cm³/mol. The first kappa shape index (κ1) is 12.9. The van der Waals surface area contributed by atoms with Crippen LogP contribution in [-0.4, -0.2) is 5.78 Å². The van der Waals surface area contributed by atoms with Crippen LogP contribution in [0.5, 0.6) is 0 Å². The van der Waals surface area contributed by atoms with Crippen LogP contribution in [0.1, 0.15) is 40.5 Å². The van der Waals surface area contributed by atoms with Gasteiger partial charge in [0.05, 0.1) is 4.88 Å². The molecule has 0 saturated heterocycles. The van der Waals surface area contributed by atoms with Gasteiger partial charge in [-0.1, -0.05) is 13.0 Å². The standard InChI is InChI=1S/C16H13NO2S/c1-10-7-13(10)14-5-4-12(19-14)8-11(9-17)16(18)15-3-2-6-20-15/h2-6,8,10,13H,7H2,1H3/b11-8+/t10-,13+/m0/s1. The molecule has 0 bridgehead atoms. The van der Waals surface area contributed by atoms with Gasteiger partial charge in [-0.2, -0.15) is 5.26 Å². The summed E-state index contributed by atoms with van der Waals surface area (Å²) in [5, 5.41) is 11.0. The molecule has 0 aliphatic heterocycles.